The molecule has 1 saturated heterocycles. The molecule has 0 spiro atoms. The van der Waals surface area contributed by atoms with Crippen molar-refractivity contribution in [3.63, 3.8) is 0 Å². The van der Waals surface area contributed by atoms with Gasteiger partial charge in [0.25, 0.3) is 0 Å². The molecule has 8 nitrogen and oxygen atoms in total. The lowest BCUT2D eigenvalue weighted by atomic mass is 10.0. The fourth-order valence-corrected chi connectivity index (χ4v) is 3.34. The van der Waals surface area contributed by atoms with Crippen LogP contribution in [-0.2, 0) is 16.1 Å². The number of hydrogen-bond donors (Lipinski definition) is 1. The Morgan fingerprint density at radius 3 is 2.74 bits per heavy atom. The van der Waals surface area contributed by atoms with Crippen LogP contribution in [-0.4, -0.2) is 46.2 Å². The number of benzene rings is 2. The molecule has 2 heterocycles. The summed E-state index contributed by atoms with van der Waals surface area (Å²) in [5.41, 5.74) is 1.30. The van der Waals surface area contributed by atoms with Crippen LogP contribution in [0.25, 0.3) is 11.1 Å². The van der Waals surface area contributed by atoms with E-state index in [1.807, 2.05) is 0 Å². The third-order valence-electron chi connectivity index (χ3n) is 4.89. The molecule has 0 aliphatic carbocycles. The summed E-state index contributed by atoms with van der Waals surface area (Å²) in [7, 11) is 0. The lowest BCUT2D eigenvalue weighted by Gasteiger charge is -2.15. The predicted octanol–water partition coefficient (Wildman–Crippen LogP) is 2.73. The molecule has 1 aliphatic rings. The maximum Gasteiger partial charge on any atom is 0.414 e. The molecule has 31 heavy (non-hydrogen) atoms. The van der Waals surface area contributed by atoms with Crippen molar-refractivity contribution < 1.29 is 23.1 Å². The van der Waals surface area contributed by atoms with Gasteiger partial charge in [-0.25, -0.2) is 18.3 Å². The molecule has 0 bridgehead atoms. The fraction of sp³-hybridized carbons (Fsp3) is 0.238. The summed E-state index contributed by atoms with van der Waals surface area (Å²) in [6.45, 7) is 1.94. The first-order chi connectivity index (χ1) is 14.9. The Kier molecular flexibility index (Phi) is 5.61. The molecule has 0 saturated carbocycles. The van der Waals surface area contributed by atoms with Crippen molar-refractivity contribution in [2.75, 3.05) is 18.0 Å². The zero-order valence-electron chi connectivity index (χ0n) is 16.6. The first kappa shape index (κ1) is 20.5. The molecule has 2 amide bonds. The van der Waals surface area contributed by atoms with Crippen LogP contribution in [0.15, 0.2) is 48.8 Å². The highest BCUT2D eigenvalue weighted by Crippen LogP contribution is 2.30. The van der Waals surface area contributed by atoms with Crippen LogP contribution in [0.5, 0.6) is 0 Å². The predicted molar refractivity (Wildman–Crippen MR) is 107 cm³/mol. The van der Waals surface area contributed by atoms with Crippen LogP contribution in [0, 0.1) is 11.6 Å². The minimum atomic E-state index is -0.619. The van der Waals surface area contributed by atoms with Crippen molar-refractivity contribution in [1.29, 1.82) is 0 Å². The highest BCUT2D eigenvalue weighted by atomic mass is 19.1. The Bertz CT molecular complexity index is 1120. The number of amides is 2. The van der Waals surface area contributed by atoms with E-state index in [1.54, 1.807) is 24.4 Å². The summed E-state index contributed by atoms with van der Waals surface area (Å²) in [5.74, 6) is -1.32. The third kappa shape index (κ3) is 4.52. The van der Waals surface area contributed by atoms with E-state index in [0.717, 1.165) is 0 Å². The number of nitrogens with one attached hydrogen (secondary N) is 1. The highest BCUT2D eigenvalue weighted by molar-refractivity contribution is 5.90. The Morgan fingerprint density at radius 2 is 2.06 bits per heavy atom. The van der Waals surface area contributed by atoms with Crippen molar-refractivity contribution in [1.82, 2.24) is 20.3 Å². The number of ether oxygens (including phenoxy) is 1. The number of anilines is 1. The van der Waals surface area contributed by atoms with Crippen molar-refractivity contribution in [3.05, 3.63) is 66.0 Å². The van der Waals surface area contributed by atoms with Crippen LogP contribution in [0.3, 0.4) is 0 Å². The molecule has 4 rings (SSSR count). The van der Waals surface area contributed by atoms with Gasteiger partial charge in [-0.15, -0.1) is 5.10 Å². The minimum Gasteiger partial charge on any atom is -0.442 e. The smallest absolute Gasteiger partial charge is 0.414 e. The molecule has 0 unspecified atom stereocenters. The Morgan fingerprint density at radius 1 is 1.23 bits per heavy atom. The third-order valence-corrected chi connectivity index (χ3v) is 4.89. The normalized spacial score (nSPS) is 15.8. The van der Waals surface area contributed by atoms with Crippen molar-refractivity contribution in [2.24, 2.45) is 0 Å². The Labute approximate surface area is 176 Å². The van der Waals surface area contributed by atoms with E-state index >= 15 is 0 Å². The van der Waals surface area contributed by atoms with Gasteiger partial charge in [-0.3, -0.25) is 9.69 Å². The van der Waals surface area contributed by atoms with Crippen LogP contribution in [0.1, 0.15) is 12.5 Å². The largest absolute Gasteiger partial charge is 0.442 e. The van der Waals surface area contributed by atoms with Crippen LogP contribution >= 0.6 is 0 Å². The van der Waals surface area contributed by atoms with Gasteiger partial charge in [-0.1, -0.05) is 17.3 Å². The molecule has 3 aromatic rings. The van der Waals surface area contributed by atoms with Crippen LogP contribution in [0.4, 0.5) is 19.3 Å². The molecule has 160 valence electrons. The number of aromatic nitrogens is 3. The molecular weight excluding hydrogens is 408 g/mol. The molecule has 0 radical (unpaired) electrons. The van der Waals surface area contributed by atoms with Gasteiger partial charge in [0.1, 0.15) is 17.7 Å². The lowest BCUT2D eigenvalue weighted by molar-refractivity contribution is -0.119. The van der Waals surface area contributed by atoms with E-state index in [0.29, 0.717) is 16.8 Å². The van der Waals surface area contributed by atoms with E-state index in [9.17, 15) is 18.4 Å². The number of halogens is 2. The number of carbonyl (C=O) groups excluding carboxylic acids is 2. The second-order valence-corrected chi connectivity index (χ2v) is 7.12. The SMILES string of the molecule is CC(=O)NC[C@H]1CN(c2ccc(-c3ccc(Cn4ccnn4)c(F)c3)c(F)c2)C(=O)O1. The second kappa shape index (κ2) is 8.50. The van der Waals surface area contributed by atoms with Gasteiger partial charge >= 0.3 is 6.09 Å². The lowest BCUT2D eigenvalue weighted by Crippen LogP contribution is -2.33. The molecule has 1 fully saturated rings. The van der Waals surface area contributed by atoms with E-state index in [-0.39, 0.29) is 31.1 Å². The van der Waals surface area contributed by atoms with Crippen molar-refractivity contribution in [2.45, 2.75) is 19.6 Å². The monoisotopic (exact) mass is 427 g/mol. The minimum absolute atomic E-state index is 0.179. The van der Waals surface area contributed by atoms with Crippen molar-refractivity contribution in [3.8, 4) is 11.1 Å². The number of carbonyl (C=O) groups is 2. The van der Waals surface area contributed by atoms with E-state index in [1.165, 1.54) is 40.9 Å². The van der Waals surface area contributed by atoms with Gasteiger partial charge < -0.3 is 10.1 Å². The average Bonchev–Trinajstić information content (AvgIpc) is 3.37. The molecule has 2 aromatic carbocycles. The summed E-state index contributed by atoms with van der Waals surface area (Å²) in [6, 6.07) is 8.73. The molecule has 1 aliphatic heterocycles. The summed E-state index contributed by atoms with van der Waals surface area (Å²) >= 11 is 0. The van der Waals surface area contributed by atoms with Gasteiger partial charge in [0, 0.05) is 24.2 Å². The van der Waals surface area contributed by atoms with Gasteiger partial charge in [0.15, 0.2) is 0 Å². The summed E-state index contributed by atoms with van der Waals surface area (Å²) < 4.78 is 36.0. The average molecular weight is 427 g/mol. The zero-order chi connectivity index (χ0) is 22.0. The molecule has 1 atom stereocenters. The van der Waals surface area contributed by atoms with E-state index < -0.39 is 23.8 Å². The molecule has 10 heteroatoms. The first-order valence-corrected chi connectivity index (χ1v) is 9.56. The summed E-state index contributed by atoms with van der Waals surface area (Å²) in [4.78, 5) is 24.4. The van der Waals surface area contributed by atoms with Crippen LogP contribution in [0.2, 0.25) is 0 Å². The summed E-state index contributed by atoms with van der Waals surface area (Å²) in [5, 5.41) is 10.1. The van der Waals surface area contributed by atoms with Gasteiger partial charge in [0.2, 0.25) is 5.91 Å². The van der Waals surface area contributed by atoms with Crippen LogP contribution < -0.4 is 10.2 Å². The number of nitrogens with zero attached hydrogens (tertiary/aromatic N) is 4. The van der Waals surface area contributed by atoms with Gasteiger partial charge in [0.05, 0.1) is 31.5 Å². The standard InChI is InChI=1S/C21H19F2N5O3/c1-13(29)24-10-17-12-28(21(30)31-17)16-4-5-18(20(23)9-16)14-2-3-15(19(22)8-14)11-27-7-6-25-26-27/h2-9,17H,10-12H2,1H3,(H,24,29)/t17-/m0/s1. The zero-order valence-corrected chi connectivity index (χ0v) is 16.6. The maximum absolute atomic E-state index is 14.8. The van der Waals surface area contributed by atoms with E-state index in [4.69, 9.17) is 4.74 Å². The first-order valence-electron chi connectivity index (χ1n) is 9.56. The summed E-state index contributed by atoms with van der Waals surface area (Å²) in [6.07, 6.45) is 1.98. The molecule has 1 aromatic heterocycles. The second-order valence-electron chi connectivity index (χ2n) is 7.12. The highest BCUT2D eigenvalue weighted by Gasteiger charge is 2.32. The Hall–Kier alpha value is -3.82. The number of hydrogen-bond acceptors (Lipinski definition) is 5. The maximum atomic E-state index is 14.8. The van der Waals surface area contributed by atoms with E-state index in [2.05, 4.69) is 15.6 Å². The fourth-order valence-electron chi connectivity index (χ4n) is 3.34. The van der Waals surface area contributed by atoms with Gasteiger partial charge in [-0.2, -0.15) is 0 Å². The number of cyclic esters (lactones) is 1. The van der Waals surface area contributed by atoms with Gasteiger partial charge in [-0.05, 0) is 29.8 Å². The quantitative estimate of drug-likeness (QED) is 0.654. The van der Waals surface area contributed by atoms with Crippen molar-refractivity contribution >= 4 is 17.7 Å². The topological polar surface area (TPSA) is 89.4 Å². The molecular formula is C21H19F2N5O3. The number of rotatable bonds is 6. The molecule has 1 N–H and O–H groups in total. The Balaban J connectivity index is 1.51.